The molecular formula is C19H19NO8S2. The van der Waals surface area contributed by atoms with Gasteiger partial charge in [-0.3, -0.25) is 4.55 Å². The smallest absolute Gasteiger partial charge is 0.446 e. The first-order valence-electron chi connectivity index (χ1n) is 8.41. The number of hydrogen-bond acceptors (Lipinski definition) is 9. The van der Waals surface area contributed by atoms with Crippen molar-refractivity contribution in [2.75, 3.05) is 28.4 Å². The van der Waals surface area contributed by atoms with E-state index in [4.69, 9.17) is 23.5 Å². The lowest BCUT2D eigenvalue weighted by Gasteiger charge is -2.14. The molecule has 1 aromatic heterocycles. The third kappa shape index (κ3) is 4.42. The highest BCUT2D eigenvalue weighted by atomic mass is 32.3. The predicted molar refractivity (Wildman–Crippen MR) is 111 cm³/mol. The van der Waals surface area contributed by atoms with Crippen LogP contribution < -0.4 is 23.1 Å². The second kappa shape index (κ2) is 8.78. The van der Waals surface area contributed by atoms with Crippen LogP contribution in [0, 0.1) is 0 Å². The van der Waals surface area contributed by atoms with Crippen molar-refractivity contribution in [1.82, 2.24) is 4.37 Å². The summed E-state index contributed by atoms with van der Waals surface area (Å²) in [6.07, 6.45) is 0. The van der Waals surface area contributed by atoms with Crippen LogP contribution >= 0.6 is 11.5 Å². The second-order valence-electron chi connectivity index (χ2n) is 5.87. The van der Waals surface area contributed by atoms with Crippen LogP contribution in [0.3, 0.4) is 0 Å². The van der Waals surface area contributed by atoms with Crippen molar-refractivity contribution >= 4 is 21.9 Å². The third-order valence-corrected chi connectivity index (χ3v) is 5.20. The van der Waals surface area contributed by atoms with Crippen LogP contribution in [0.4, 0.5) is 0 Å². The summed E-state index contributed by atoms with van der Waals surface area (Å²) in [6.45, 7) is 0. The molecule has 0 saturated heterocycles. The largest absolute Gasteiger partial charge is 0.493 e. The molecule has 9 nitrogen and oxygen atoms in total. The zero-order valence-corrected chi connectivity index (χ0v) is 18.2. The summed E-state index contributed by atoms with van der Waals surface area (Å²) >= 11 is 1.22. The highest BCUT2D eigenvalue weighted by Crippen LogP contribution is 2.44. The molecule has 3 rings (SSSR count). The Balaban J connectivity index is 2.14. The van der Waals surface area contributed by atoms with Crippen LogP contribution in [0.5, 0.6) is 28.7 Å². The summed E-state index contributed by atoms with van der Waals surface area (Å²) in [4.78, 5) is 0. The SMILES string of the molecule is COc1ccc(-c2csnc2-c2cc(OC)c(OC)c(OC)c2)cc1OS(=O)(=O)O. The number of ether oxygens (including phenoxy) is 4. The van der Waals surface area contributed by atoms with Gasteiger partial charge >= 0.3 is 10.4 Å². The molecule has 1 N–H and O–H groups in total. The maximum absolute atomic E-state index is 11.2. The van der Waals surface area contributed by atoms with Gasteiger partial charge < -0.3 is 23.1 Å². The molecule has 30 heavy (non-hydrogen) atoms. The molecular weight excluding hydrogens is 434 g/mol. The fourth-order valence-electron chi connectivity index (χ4n) is 2.89. The van der Waals surface area contributed by atoms with Gasteiger partial charge in [-0.05, 0) is 41.4 Å². The van der Waals surface area contributed by atoms with Crippen LogP contribution in [0.2, 0.25) is 0 Å². The predicted octanol–water partition coefficient (Wildman–Crippen LogP) is 3.69. The molecule has 160 valence electrons. The van der Waals surface area contributed by atoms with Crippen molar-refractivity contribution in [3.63, 3.8) is 0 Å². The molecule has 0 atom stereocenters. The van der Waals surface area contributed by atoms with Gasteiger partial charge in [0.05, 0.1) is 34.1 Å². The van der Waals surface area contributed by atoms with Crippen molar-refractivity contribution in [1.29, 1.82) is 0 Å². The topological polar surface area (TPSA) is 113 Å². The lowest BCUT2D eigenvalue weighted by molar-refractivity contribution is 0.324. The van der Waals surface area contributed by atoms with Gasteiger partial charge in [-0.2, -0.15) is 12.8 Å². The molecule has 0 amide bonds. The molecule has 1 heterocycles. The number of benzene rings is 2. The molecule has 0 radical (unpaired) electrons. The fraction of sp³-hybridized carbons (Fsp3) is 0.211. The second-order valence-corrected chi connectivity index (χ2v) is 7.52. The van der Waals surface area contributed by atoms with E-state index >= 15 is 0 Å². The Kier molecular flexibility index (Phi) is 6.34. The van der Waals surface area contributed by atoms with Crippen molar-refractivity contribution in [3.05, 3.63) is 35.7 Å². The van der Waals surface area contributed by atoms with E-state index in [0.29, 0.717) is 39.6 Å². The normalized spacial score (nSPS) is 11.1. The van der Waals surface area contributed by atoms with Gasteiger partial charge in [0.15, 0.2) is 23.0 Å². The molecule has 3 aromatic rings. The highest BCUT2D eigenvalue weighted by molar-refractivity contribution is 7.81. The van der Waals surface area contributed by atoms with Crippen LogP contribution in [0.25, 0.3) is 22.4 Å². The first-order valence-corrected chi connectivity index (χ1v) is 10.6. The molecule has 0 aliphatic heterocycles. The van der Waals surface area contributed by atoms with Crippen LogP contribution in [0.15, 0.2) is 35.7 Å². The third-order valence-electron chi connectivity index (χ3n) is 4.18. The monoisotopic (exact) mass is 453 g/mol. The summed E-state index contributed by atoms with van der Waals surface area (Å²) < 4.78 is 61.8. The quantitative estimate of drug-likeness (QED) is 0.510. The number of nitrogens with zero attached hydrogens (tertiary/aromatic N) is 1. The summed E-state index contributed by atoms with van der Waals surface area (Å²) in [6, 6.07) is 8.23. The van der Waals surface area contributed by atoms with Gasteiger partial charge in [-0.1, -0.05) is 6.07 Å². The molecule has 0 spiro atoms. The maximum atomic E-state index is 11.2. The Bertz CT molecular complexity index is 1130. The van der Waals surface area contributed by atoms with Gasteiger partial charge in [0.25, 0.3) is 0 Å². The average Bonchev–Trinajstić information content (AvgIpc) is 3.21. The maximum Gasteiger partial charge on any atom is 0.446 e. The molecule has 0 saturated carbocycles. The summed E-state index contributed by atoms with van der Waals surface area (Å²) in [5, 5.41) is 1.80. The Morgan fingerprint density at radius 3 is 1.97 bits per heavy atom. The van der Waals surface area contributed by atoms with E-state index in [-0.39, 0.29) is 11.5 Å². The molecule has 0 fully saturated rings. The van der Waals surface area contributed by atoms with Crippen LogP contribution in [0.1, 0.15) is 0 Å². The summed E-state index contributed by atoms with van der Waals surface area (Å²) in [5.41, 5.74) is 2.63. The molecule has 11 heteroatoms. The van der Waals surface area contributed by atoms with Crippen molar-refractivity contribution < 1.29 is 36.1 Å². The van der Waals surface area contributed by atoms with Gasteiger partial charge in [-0.15, -0.1) is 0 Å². The minimum absolute atomic E-state index is 0.147. The summed E-state index contributed by atoms with van der Waals surface area (Å²) in [5.74, 6) is 1.38. The molecule has 0 unspecified atom stereocenters. The Labute approximate surface area is 177 Å². The van der Waals surface area contributed by atoms with Gasteiger partial charge in [0.2, 0.25) is 5.75 Å². The number of rotatable bonds is 8. The highest BCUT2D eigenvalue weighted by Gasteiger charge is 2.20. The molecule has 0 bridgehead atoms. The standard InChI is InChI=1S/C19H19NO8S2/c1-24-14-6-5-11(7-15(14)28-30(21,22)23)13-10-29-20-18(13)12-8-16(25-2)19(27-4)17(9-12)26-3/h5-10H,1-4H3,(H,21,22,23). The Morgan fingerprint density at radius 2 is 1.43 bits per heavy atom. The van der Waals surface area contributed by atoms with Gasteiger partial charge in [0, 0.05) is 16.5 Å². The fourth-order valence-corrected chi connectivity index (χ4v) is 3.96. The minimum Gasteiger partial charge on any atom is -0.493 e. The Morgan fingerprint density at radius 1 is 0.833 bits per heavy atom. The molecule has 0 aliphatic carbocycles. The number of aromatic nitrogens is 1. The van der Waals surface area contributed by atoms with E-state index in [0.717, 1.165) is 0 Å². The zero-order chi connectivity index (χ0) is 21.9. The van der Waals surface area contributed by atoms with Crippen molar-refractivity contribution in [2.45, 2.75) is 0 Å². The van der Waals surface area contributed by atoms with E-state index in [1.54, 1.807) is 23.6 Å². The van der Waals surface area contributed by atoms with E-state index in [1.807, 2.05) is 0 Å². The number of hydrogen-bond donors (Lipinski definition) is 1. The van der Waals surface area contributed by atoms with E-state index < -0.39 is 10.4 Å². The molecule has 2 aromatic carbocycles. The van der Waals surface area contributed by atoms with E-state index in [9.17, 15) is 8.42 Å². The average molecular weight is 453 g/mol. The molecule has 0 aliphatic rings. The van der Waals surface area contributed by atoms with E-state index in [1.165, 1.54) is 52.1 Å². The summed E-state index contributed by atoms with van der Waals surface area (Å²) in [7, 11) is 1.19. The van der Waals surface area contributed by atoms with Gasteiger partial charge in [-0.25, -0.2) is 0 Å². The van der Waals surface area contributed by atoms with Crippen LogP contribution in [-0.2, 0) is 10.4 Å². The lowest BCUT2D eigenvalue weighted by atomic mass is 10.0. The minimum atomic E-state index is -4.72. The first-order chi connectivity index (χ1) is 14.3. The van der Waals surface area contributed by atoms with Crippen molar-refractivity contribution in [3.8, 4) is 51.1 Å². The van der Waals surface area contributed by atoms with E-state index in [2.05, 4.69) is 8.56 Å². The number of methoxy groups -OCH3 is 4. The zero-order valence-electron chi connectivity index (χ0n) is 16.5. The van der Waals surface area contributed by atoms with Gasteiger partial charge in [0.1, 0.15) is 0 Å². The van der Waals surface area contributed by atoms with Crippen molar-refractivity contribution in [2.24, 2.45) is 0 Å². The Hall–Kier alpha value is -3.02. The van der Waals surface area contributed by atoms with Crippen LogP contribution in [-0.4, -0.2) is 45.8 Å². The lowest BCUT2D eigenvalue weighted by Crippen LogP contribution is -2.07. The first kappa shape index (κ1) is 21.7.